The van der Waals surface area contributed by atoms with Gasteiger partial charge >= 0.3 is 0 Å². The van der Waals surface area contributed by atoms with Crippen LogP contribution >= 0.6 is 23.2 Å². The lowest BCUT2D eigenvalue weighted by atomic mass is 10.1. The quantitative estimate of drug-likeness (QED) is 0.341. The zero-order valence-corrected chi connectivity index (χ0v) is 24.5. The first-order chi connectivity index (χ1) is 17.4. The summed E-state index contributed by atoms with van der Waals surface area (Å²) in [6.07, 6.45) is 2.68. The molecule has 0 unspecified atom stereocenters. The van der Waals surface area contributed by atoms with Crippen molar-refractivity contribution >= 4 is 50.7 Å². The van der Waals surface area contributed by atoms with Crippen LogP contribution in [-0.2, 0) is 26.2 Å². The number of amides is 2. The highest BCUT2D eigenvalue weighted by Crippen LogP contribution is 2.25. The van der Waals surface area contributed by atoms with E-state index >= 15 is 0 Å². The molecule has 1 N–H and O–H groups in total. The Hall–Kier alpha value is -2.29. The number of nitrogens with one attached hydrogen (secondary N) is 1. The van der Waals surface area contributed by atoms with Gasteiger partial charge in [0.15, 0.2) is 0 Å². The largest absolute Gasteiger partial charge is 0.352 e. The number of aryl methyl sites for hydroxylation is 1. The minimum Gasteiger partial charge on any atom is -0.352 e. The minimum absolute atomic E-state index is 0.0324. The van der Waals surface area contributed by atoms with Gasteiger partial charge in [0.05, 0.1) is 11.9 Å². The van der Waals surface area contributed by atoms with Gasteiger partial charge in [0.1, 0.15) is 6.04 Å². The Morgan fingerprint density at radius 2 is 1.73 bits per heavy atom. The van der Waals surface area contributed by atoms with Crippen molar-refractivity contribution in [2.75, 3.05) is 17.1 Å². The predicted octanol–water partition coefficient (Wildman–Crippen LogP) is 5.57. The molecule has 10 heteroatoms. The van der Waals surface area contributed by atoms with Crippen LogP contribution in [0.3, 0.4) is 0 Å². The van der Waals surface area contributed by atoms with Crippen LogP contribution in [0, 0.1) is 6.92 Å². The summed E-state index contributed by atoms with van der Waals surface area (Å²) in [5.74, 6) is -0.483. The molecule has 0 saturated carbocycles. The Bertz CT molecular complexity index is 1190. The van der Waals surface area contributed by atoms with Crippen LogP contribution < -0.4 is 9.62 Å². The Morgan fingerprint density at radius 1 is 1.05 bits per heavy atom. The second-order valence-electron chi connectivity index (χ2n) is 9.22. The summed E-state index contributed by atoms with van der Waals surface area (Å²) in [7, 11) is -3.55. The summed E-state index contributed by atoms with van der Waals surface area (Å²) in [5.41, 5.74) is 2.08. The van der Waals surface area contributed by atoms with Crippen LogP contribution in [0.1, 0.15) is 57.6 Å². The molecule has 2 atom stereocenters. The van der Waals surface area contributed by atoms with Crippen molar-refractivity contribution < 1.29 is 18.0 Å². The number of hydrogen-bond acceptors (Lipinski definition) is 4. The fraction of sp³-hybridized carbons (Fsp3) is 0.481. The highest BCUT2D eigenvalue weighted by molar-refractivity contribution is 7.92. The fourth-order valence-corrected chi connectivity index (χ4v) is 5.51. The topological polar surface area (TPSA) is 86.8 Å². The van der Waals surface area contributed by atoms with Crippen LogP contribution in [-0.4, -0.2) is 50.0 Å². The van der Waals surface area contributed by atoms with Crippen molar-refractivity contribution in [2.45, 2.75) is 72.0 Å². The van der Waals surface area contributed by atoms with Crippen LogP contribution in [0.15, 0.2) is 42.5 Å². The summed E-state index contributed by atoms with van der Waals surface area (Å²) in [6.45, 7) is 7.87. The van der Waals surface area contributed by atoms with E-state index in [4.69, 9.17) is 23.2 Å². The molecule has 0 spiro atoms. The average molecular weight is 571 g/mol. The summed E-state index contributed by atoms with van der Waals surface area (Å²) in [4.78, 5) is 28.2. The molecule has 0 fully saturated rings. The molecule has 2 aromatic carbocycles. The molecule has 0 heterocycles. The standard InChI is InChI=1S/C27H37Cl2N3O4S/c1-6-20(4)30-27(34)24(7-2)31(18-21-14-15-22(28)17-23(21)29)26(33)13-10-16-32(37(5,35)36)25-12-9-8-11-19(25)3/h8-9,11-12,14-15,17,20,24H,6-7,10,13,16,18H2,1-5H3,(H,30,34)/t20-,24+/m0/s1. The molecule has 2 aromatic rings. The second kappa shape index (κ2) is 14.0. The number of anilines is 1. The van der Waals surface area contributed by atoms with Gasteiger partial charge in [-0.05, 0) is 62.4 Å². The van der Waals surface area contributed by atoms with Crippen molar-refractivity contribution in [3.05, 3.63) is 63.6 Å². The van der Waals surface area contributed by atoms with Crippen molar-refractivity contribution in [3.8, 4) is 0 Å². The van der Waals surface area contributed by atoms with Crippen LogP contribution in [0.5, 0.6) is 0 Å². The minimum atomic E-state index is -3.55. The Labute approximate surface area is 231 Å². The molecule has 0 aliphatic heterocycles. The third kappa shape index (κ3) is 8.90. The molecular formula is C27H37Cl2N3O4S. The Morgan fingerprint density at radius 3 is 2.30 bits per heavy atom. The van der Waals surface area contributed by atoms with Crippen LogP contribution in [0.2, 0.25) is 10.0 Å². The lowest BCUT2D eigenvalue weighted by Gasteiger charge is -2.32. The number of sulfonamides is 1. The number of nitrogens with zero attached hydrogens (tertiary/aromatic N) is 2. The summed E-state index contributed by atoms with van der Waals surface area (Å²) >= 11 is 12.4. The summed E-state index contributed by atoms with van der Waals surface area (Å²) in [6, 6.07) is 11.5. The predicted molar refractivity (Wildman–Crippen MR) is 152 cm³/mol. The van der Waals surface area contributed by atoms with Gasteiger partial charge in [-0.3, -0.25) is 13.9 Å². The molecule has 37 heavy (non-hydrogen) atoms. The van der Waals surface area contributed by atoms with Crippen molar-refractivity contribution in [2.24, 2.45) is 0 Å². The van der Waals surface area contributed by atoms with E-state index in [-0.39, 0.29) is 43.8 Å². The molecular weight excluding hydrogens is 533 g/mol. The maximum Gasteiger partial charge on any atom is 0.243 e. The highest BCUT2D eigenvalue weighted by atomic mass is 35.5. The molecule has 2 rings (SSSR count). The average Bonchev–Trinajstić information content (AvgIpc) is 2.82. The van der Waals surface area contributed by atoms with Gasteiger partial charge in [0.25, 0.3) is 0 Å². The van der Waals surface area contributed by atoms with Gasteiger partial charge in [-0.15, -0.1) is 0 Å². The van der Waals surface area contributed by atoms with Gasteiger partial charge in [-0.2, -0.15) is 0 Å². The molecule has 0 aliphatic rings. The maximum atomic E-state index is 13.5. The molecule has 0 radical (unpaired) electrons. The van der Waals surface area contributed by atoms with Crippen molar-refractivity contribution in [1.29, 1.82) is 0 Å². The van der Waals surface area contributed by atoms with E-state index in [2.05, 4.69) is 5.32 Å². The fourth-order valence-electron chi connectivity index (χ4n) is 4.02. The summed E-state index contributed by atoms with van der Waals surface area (Å²) < 4.78 is 26.4. The van der Waals surface area contributed by atoms with Gasteiger partial charge in [0, 0.05) is 35.6 Å². The lowest BCUT2D eigenvalue weighted by molar-refractivity contribution is -0.141. The van der Waals surface area contributed by atoms with Crippen LogP contribution in [0.25, 0.3) is 0 Å². The molecule has 7 nitrogen and oxygen atoms in total. The van der Waals surface area contributed by atoms with E-state index < -0.39 is 16.1 Å². The first-order valence-electron chi connectivity index (χ1n) is 12.5. The van der Waals surface area contributed by atoms with Gasteiger partial charge < -0.3 is 10.2 Å². The van der Waals surface area contributed by atoms with E-state index in [0.717, 1.165) is 18.2 Å². The van der Waals surface area contributed by atoms with E-state index in [1.54, 1.807) is 30.3 Å². The number of hydrogen-bond donors (Lipinski definition) is 1. The molecule has 0 aromatic heterocycles. The van der Waals surface area contributed by atoms with Gasteiger partial charge in [-0.25, -0.2) is 8.42 Å². The highest BCUT2D eigenvalue weighted by Gasteiger charge is 2.30. The Balaban J connectivity index is 2.27. The monoisotopic (exact) mass is 569 g/mol. The molecule has 0 saturated heterocycles. The number of carbonyl (C=O) groups excluding carboxylic acids is 2. The molecule has 0 bridgehead atoms. The number of benzene rings is 2. The number of halogens is 2. The van der Waals surface area contributed by atoms with E-state index in [1.807, 2.05) is 39.8 Å². The zero-order valence-electron chi connectivity index (χ0n) is 22.1. The molecule has 204 valence electrons. The molecule has 0 aliphatic carbocycles. The lowest BCUT2D eigenvalue weighted by Crippen LogP contribution is -2.50. The third-order valence-corrected chi connectivity index (χ3v) is 8.05. The van der Waals surface area contributed by atoms with Crippen LogP contribution in [0.4, 0.5) is 5.69 Å². The Kier molecular flexibility index (Phi) is 11.7. The van der Waals surface area contributed by atoms with Crippen molar-refractivity contribution in [3.63, 3.8) is 0 Å². The maximum absolute atomic E-state index is 13.5. The van der Waals surface area contributed by atoms with E-state index in [9.17, 15) is 18.0 Å². The van der Waals surface area contributed by atoms with Gasteiger partial charge in [-0.1, -0.05) is 61.3 Å². The number of para-hydroxylation sites is 1. The first-order valence-corrected chi connectivity index (χ1v) is 15.1. The smallest absolute Gasteiger partial charge is 0.243 e. The summed E-state index contributed by atoms with van der Waals surface area (Å²) in [5, 5.41) is 3.86. The van der Waals surface area contributed by atoms with E-state index in [0.29, 0.717) is 27.7 Å². The third-order valence-electron chi connectivity index (χ3n) is 6.28. The van der Waals surface area contributed by atoms with Gasteiger partial charge in [0.2, 0.25) is 21.8 Å². The molecule has 2 amide bonds. The normalized spacial score (nSPS) is 13.1. The van der Waals surface area contributed by atoms with Crippen molar-refractivity contribution in [1.82, 2.24) is 10.2 Å². The SMILES string of the molecule is CC[C@H](C(=O)N[C@@H](C)CC)N(Cc1ccc(Cl)cc1Cl)C(=O)CCCN(c1ccccc1C)S(C)(=O)=O. The number of rotatable bonds is 13. The second-order valence-corrected chi connectivity index (χ2v) is 12.0. The zero-order chi connectivity index (χ0) is 27.8. The number of carbonyl (C=O) groups is 2. The van der Waals surface area contributed by atoms with E-state index in [1.165, 1.54) is 9.21 Å². The first kappa shape index (κ1) is 30.9.